The van der Waals surface area contributed by atoms with Gasteiger partial charge < -0.3 is 11.5 Å². The van der Waals surface area contributed by atoms with E-state index in [1.165, 1.54) is 56.1 Å². The molecule has 0 aliphatic heterocycles. The van der Waals surface area contributed by atoms with Crippen molar-refractivity contribution in [2.45, 2.75) is 56.8 Å². The summed E-state index contributed by atoms with van der Waals surface area (Å²) < 4.78 is 0. The second kappa shape index (κ2) is 7.08. The third-order valence-electron chi connectivity index (χ3n) is 5.34. The number of anilines is 2. The molecular weight excluding hydrogens is 280 g/mol. The van der Waals surface area contributed by atoms with Crippen LogP contribution in [-0.2, 0) is 11.8 Å². The third-order valence-corrected chi connectivity index (χ3v) is 5.34. The van der Waals surface area contributed by atoms with E-state index >= 15 is 0 Å². The zero-order valence-electron chi connectivity index (χ0n) is 13.9. The van der Waals surface area contributed by atoms with E-state index in [9.17, 15) is 0 Å². The molecule has 1 aliphatic carbocycles. The van der Waals surface area contributed by atoms with E-state index in [1.54, 1.807) is 0 Å². The summed E-state index contributed by atoms with van der Waals surface area (Å²) in [5.41, 5.74) is 16.8. The zero-order chi connectivity index (χ0) is 16.1. The molecule has 4 N–H and O–H groups in total. The van der Waals surface area contributed by atoms with Crippen LogP contribution in [0.2, 0.25) is 0 Å². The zero-order valence-corrected chi connectivity index (χ0v) is 13.9. The smallest absolute Gasteiger partial charge is 0.0373 e. The van der Waals surface area contributed by atoms with Crippen molar-refractivity contribution in [3.8, 4) is 0 Å². The average molecular weight is 308 g/mol. The highest BCUT2D eigenvalue weighted by atomic mass is 14.6. The van der Waals surface area contributed by atoms with Gasteiger partial charge in [-0.3, -0.25) is 0 Å². The number of nitrogens with two attached hydrogens (primary N) is 2. The maximum Gasteiger partial charge on any atom is 0.0373 e. The van der Waals surface area contributed by atoms with Gasteiger partial charge in [-0.1, -0.05) is 68.5 Å². The first-order valence-electron chi connectivity index (χ1n) is 8.89. The number of nitrogen functional groups attached to an aromatic ring is 2. The van der Waals surface area contributed by atoms with Gasteiger partial charge in [0.05, 0.1) is 0 Å². The van der Waals surface area contributed by atoms with Crippen LogP contribution in [0, 0.1) is 0 Å². The Bertz CT molecular complexity index is 626. The SMILES string of the molecule is Nc1ccc(C2(Cc3ccccc3)CCCCCCC2)c(N)c1. The van der Waals surface area contributed by atoms with Gasteiger partial charge in [0.2, 0.25) is 0 Å². The molecule has 2 heteroatoms. The minimum Gasteiger partial charge on any atom is -0.399 e. The predicted octanol–water partition coefficient (Wildman–Crippen LogP) is 5.08. The topological polar surface area (TPSA) is 52.0 Å². The van der Waals surface area contributed by atoms with E-state index < -0.39 is 0 Å². The van der Waals surface area contributed by atoms with Crippen molar-refractivity contribution in [1.29, 1.82) is 0 Å². The molecule has 1 saturated carbocycles. The Morgan fingerprint density at radius 3 is 2.09 bits per heavy atom. The fourth-order valence-corrected chi connectivity index (χ4v) is 4.17. The van der Waals surface area contributed by atoms with Crippen LogP contribution in [-0.4, -0.2) is 0 Å². The molecule has 23 heavy (non-hydrogen) atoms. The van der Waals surface area contributed by atoms with Gasteiger partial charge in [-0.15, -0.1) is 0 Å². The lowest BCUT2D eigenvalue weighted by atomic mass is 9.67. The maximum atomic E-state index is 6.40. The predicted molar refractivity (Wildman–Crippen MR) is 99.4 cm³/mol. The summed E-state index contributed by atoms with van der Waals surface area (Å²) in [4.78, 5) is 0. The highest BCUT2D eigenvalue weighted by Crippen LogP contribution is 2.43. The number of hydrogen-bond donors (Lipinski definition) is 2. The molecule has 2 aromatic rings. The lowest BCUT2D eigenvalue weighted by Gasteiger charge is -2.37. The summed E-state index contributed by atoms with van der Waals surface area (Å²) in [6.07, 6.45) is 10.1. The summed E-state index contributed by atoms with van der Waals surface area (Å²) >= 11 is 0. The first-order valence-corrected chi connectivity index (χ1v) is 8.89. The van der Waals surface area contributed by atoms with Gasteiger partial charge in [0, 0.05) is 16.8 Å². The Morgan fingerprint density at radius 1 is 0.783 bits per heavy atom. The molecule has 1 fully saturated rings. The molecule has 0 spiro atoms. The van der Waals surface area contributed by atoms with E-state index in [1.807, 2.05) is 12.1 Å². The van der Waals surface area contributed by atoms with Crippen LogP contribution in [0.25, 0.3) is 0 Å². The van der Waals surface area contributed by atoms with E-state index in [2.05, 4.69) is 36.4 Å². The maximum absolute atomic E-state index is 6.40. The van der Waals surface area contributed by atoms with Crippen molar-refractivity contribution in [3.63, 3.8) is 0 Å². The molecule has 3 rings (SSSR count). The summed E-state index contributed by atoms with van der Waals surface area (Å²) in [5.74, 6) is 0. The quantitative estimate of drug-likeness (QED) is 0.777. The monoisotopic (exact) mass is 308 g/mol. The molecule has 2 aromatic carbocycles. The summed E-state index contributed by atoms with van der Waals surface area (Å²) in [6.45, 7) is 0. The molecule has 0 unspecified atom stereocenters. The van der Waals surface area contributed by atoms with Crippen LogP contribution in [0.3, 0.4) is 0 Å². The molecule has 1 aliphatic rings. The highest BCUT2D eigenvalue weighted by Gasteiger charge is 2.34. The van der Waals surface area contributed by atoms with E-state index in [0.717, 1.165) is 17.8 Å². The minimum atomic E-state index is 0.152. The van der Waals surface area contributed by atoms with Gasteiger partial charge in [-0.05, 0) is 42.5 Å². The normalized spacial score (nSPS) is 18.1. The summed E-state index contributed by atoms with van der Waals surface area (Å²) in [5, 5.41) is 0. The van der Waals surface area contributed by atoms with Crippen LogP contribution in [0.1, 0.15) is 56.1 Å². The lowest BCUT2D eigenvalue weighted by Crippen LogP contribution is -2.31. The molecule has 0 saturated heterocycles. The van der Waals surface area contributed by atoms with E-state index in [4.69, 9.17) is 11.5 Å². The molecule has 122 valence electrons. The Kier molecular flexibility index (Phi) is 4.90. The van der Waals surface area contributed by atoms with Crippen molar-refractivity contribution < 1.29 is 0 Å². The van der Waals surface area contributed by atoms with Gasteiger partial charge in [-0.25, -0.2) is 0 Å². The van der Waals surface area contributed by atoms with Crippen molar-refractivity contribution >= 4 is 11.4 Å². The minimum absolute atomic E-state index is 0.152. The molecule has 0 bridgehead atoms. The highest BCUT2D eigenvalue weighted by molar-refractivity contribution is 5.59. The van der Waals surface area contributed by atoms with Gasteiger partial charge in [0.1, 0.15) is 0 Å². The number of benzene rings is 2. The lowest BCUT2D eigenvalue weighted by molar-refractivity contribution is 0.312. The first-order chi connectivity index (χ1) is 11.2. The Labute approximate surface area is 139 Å². The van der Waals surface area contributed by atoms with Crippen molar-refractivity contribution in [2.24, 2.45) is 0 Å². The van der Waals surface area contributed by atoms with Crippen molar-refractivity contribution in [2.75, 3.05) is 11.5 Å². The fraction of sp³-hybridized carbons (Fsp3) is 0.429. The van der Waals surface area contributed by atoms with Gasteiger partial charge in [0.15, 0.2) is 0 Å². The van der Waals surface area contributed by atoms with Gasteiger partial charge in [0.25, 0.3) is 0 Å². The number of hydrogen-bond acceptors (Lipinski definition) is 2. The molecule has 2 nitrogen and oxygen atoms in total. The van der Waals surface area contributed by atoms with Crippen LogP contribution in [0.15, 0.2) is 48.5 Å². The molecule has 0 amide bonds. The van der Waals surface area contributed by atoms with Gasteiger partial charge >= 0.3 is 0 Å². The Morgan fingerprint density at radius 2 is 1.43 bits per heavy atom. The molecular formula is C21H28N2. The molecule has 0 aromatic heterocycles. The Hall–Kier alpha value is -1.96. The largest absolute Gasteiger partial charge is 0.399 e. The van der Waals surface area contributed by atoms with Crippen LogP contribution >= 0.6 is 0 Å². The van der Waals surface area contributed by atoms with Crippen LogP contribution in [0.5, 0.6) is 0 Å². The van der Waals surface area contributed by atoms with E-state index in [-0.39, 0.29) is 5.41 Å². The summed E-state index contributed by atoms with van der Waals surface area (Å²) in [6, 6.07) is 17.0. The standard InChI is InChI=1S/C21H28N2/c22-18-11-12-19(20(23)15-18)21(13-7-2-1-3-8-14-21)16-17-9-5-4-6-10-17/h4-6,9-12,15H,1-3,7-8,13-14,16,22-23H2. The van der Waals surface area contributed by atoms with Gasteiger partial charge in [-0.2, -0.15) is 0 Å². The first kappa shape index (κ1) is 15.9. The van der Waals surface area contributed by atoms with Crippen molar-refractivity contribution in [3.05, 3.63) is 59.7 Å². The van der Waals surface area contributed by atoms with Crippen LogP contribution in [0.4, 0.5) is 11.4 Å². The second-order valence-corrected chi connectivity index (χ2v) is 7.06. The Balaban J connectivity index is 2.00. The molecule has 0 heterocycles. The third kappa shape index (κ3) is 3.69. The average Bonchev–Trinajstić information content (AvgIpc) is 2.51. The van der Waals surface area contributed by atoms with Crippen LogP contribution < -0.4 is 11.5 Å². The van der Waals surface area contributed by atoms with Crippen molar-refractivity contribution in [1.82, 2.24) is 0 Å². The summed E-state index contributed by atoms with van der Waals surface area (Å²) in [7, 11) is 0. The molecule has 0 atom stereocenters. The second-order valence-electron chi connectivity index (χ2n) is 7.06. The number of rotatable bonds is 3. The van der Waals surface area contributed by atoms with E-state index in [0.29, 0.717) is 0 Å². The fourth-order valence-electron chi connectivity index (χ4n) is 4.17. The molecule has 0 radical (unpaired) electrons.